The number of aromatic nitrogens is 3. The highest BCUT2D eigenvalue weighted by Crippen LogP contribution is 2.42. The Kier molecular flexibility index (Phi) is 10.5. The molecule has 262 valence electrons. The molecule has 1 saturated heterocycles. The Labute approximate surface area is 292 Å². The van der Waals surface area contributed by atoms with Crippen LogP contribution >= 0.6 is 0 Å². The molecule has 1 aliphatic carbocycles. The number of pyridine rings is 1. The first-order chi connectivity index (χ1) is 23.5. The van der Waals surface area contributed by atoms with Crippen molar-refractivity contribution in [1.82, 2.24) is 19.5 Å². The van der Waals surface area contributed by atoms with Gasteiger partial charge >= 0.3 is 0 Å². The first-order valence-electron chi connectivity index (χ1n) is 18.3. The number of amides is 1. The number of fused-ring (bicyclic) bond motifs is 2. The average molecular weight is 666 g/mol. The van der Waals surface area contributed by atoms with Gasteiger partial charge in [-0.3, -0.25) is 14.1 Å². The summed E-state index contributed by atoms with van der Waals surface area (Å²) in [5.74, 6) is 2.26. The lowest BCUT2D eigenvalue weighted by Gasteiger charge is -2.32. The van der Waals surface area contributed by atoms with Gasteiger partial charge in [-0.15, -0.1) is 10.2 Å². The normalized spacial score (nSPS) is 21.9. The number of nitrogens with zero attached hydrogens (tertiary/aromatic N) is 4. The Morgan fingerprint density at radius 1 is 1.08 bits per heavy atom. The molecule has 1 aliphatic heterocycles. The Hall–Kier alpha value is -3.75. The third kappa shape index (κ3) is 7.71. The van der Waals surface area contributed by atoms with E-state index in [1.54, 1.807) is 0 Å². The Morgan fingerprint density at radius 2 is 1.88 bits per heavy atom. The first kappa shape index (κ1) is 35.1. The number of hydrogen-bond donors (Lipinski definition) is 1. The van der Waals surface area contributed by atoms with Crippen molar-refractivity contribution < 1.29 is 14.3 Å². The van der Waals surface area contributed by atoms with Crippen LogP contribution in [-0.4, -0.2) is 45.1 Å². The molecule has 0 radical (unpaired) electrons. The van der Waals surface area contributed by atoms with E-state index in [0.717, 1.165) is 80.0 Å². The summed E-state index contributed by atoms with van der Waals surface area (Å²) in [6.07, 6.45) is 9.62. The van der Waals surface area contributed by atoms with Crippen molar-refractivity contribution >= 4 is 17.2 Å². The van der Waals surface area contributed by atoms with Crippen LogP contribution in [0, 0.1) is 0 Å². The van der Waals surface area contributed by atoms with Gasteiger partial charge in [0.1, 0.15) is 11.9 Å². The topological polar surface area (TPSA) is 81.0 Å². The molecular formula is C41H55N5O3. The number of likely N-dealkylation sites (tertiary alicyclic amines) is 1. The van der Waals surface area contributed by atoms with Gasteiger partial charge in [0, 0.05) is 17.7 Å². The van der Waals surface area contributed by atoms with E-state index in [9.17, 15) is 4.79 Å². The highest BCUT2D eigenvalue weighted by molar-refractivity contribution is 5.91. The summed E-state index contributed by atoms with van der Waals surface area (Å²) in [6.45, 7) is 14.6. The summed E-state index contributed by atoms with van der Waals surface area (Å²) in [4.78, 5) is 15.7. The van der Waals surface area contributed by atoms with Crippen LogP contribution in [0.5, 0.6) is 5.75 Å². The van der Waals surface area contributed by atoms with Gasteiger partial charge < -0.3 is 14.8 Å². The molecule has 2 aliphatic rings. The molecule has 0 saturated carbocycles. The summed E-state index contributed by atoms with van der Waals surface area (Å²) in [5.41, 5.74) is 6.37. The maximum Gasteiger partial charge on any atom is 0.224 e. The van der Waals surface area contributed by atoms with Gasteiger partial charge in [0.05, 0.1) is 24.4 Å². The molecule has 1 N–H and O–H groups in total. The van der Waals surface area contributed by atoms with Gasteiger partial charge in [-0.1, -0.05) is 64.1 Å². The van der Waals surface area contributed by atoms with E-state index in [2.05, 4.69) is 122 Å². The molecule has 1 amide bonds. The van der Waals surface area contributed by atoms with Gasteiger partial charge in [0.25, 0.3) is 0 Å². The highest BCUT2D eigenvalue weighted by Gasteiger charge is 2.39. The third-order valence-corrected chi connectivity index (χ3v) is 11.0. The van der Waals surface area contributed by atoms with E-state index >= 15 is 0 Å². The quantitative estimate of drug-likeness (QED) is 0.163. The second-order valence-corrected chi connectivity index (χ2v) is 15.5. The maximum atomic E-state index is 13.3. The van der Waals surface area contributed by atoms with Crippen molar-refractivity contribution in [2.75, 3.05) is 18.9 Å². The van der Waals surface area contributed by atoms with Gasteiger partial charge in [-0.05, 0) is 119 Å². The average Bonchev–Trinajstić information content (AvgIpc) is 3.67. The fraction of sp³-hybridized carbons (Fsp3) is 0.537. The van der Waals surface area contributed by atoms with E-state index in [-0.39, 0.29) is 29.1 Å². The molecule has 6 rings (SSSR count). The Morgan fingerprint density at radius 3 is 2.61 bits per heavy atom. The van der Waals surface area contributed by atoms with Crippen molar-refractivity contribution in [3.05, 3.63) is 88.9 Å². The third-order valence-electron chi connectivity index (χ3n) is 11.0. The largest absolute Gasteiger partial charge is 0.484 e. The van der Waals surface area contributed by atoms with Crippen LogP contribution < -0.4 is 10.1 Å². The van der Waals surface area contributed by atoms with Crippen LogP contribution in [-0.2, 0) is 27.1 Å². The molecule has 1 unspecified atom stereocenters. The fourth-order valence-corrected chi connectivity index (χ4v) is 7.47. The molecule has 1 fully saturated rings. The first-order valence-corrected chi connectivity index (χ1v) is 18.3. The molecule has 0 spiro atoms. The van der Waals surface area contributed by atoms with Crippen molar-refractivity contribution in [1.29, 1.82) is 0 Å². The second-order valence-electron chi connectivity index (χ2n) is 15.5. The summed E-state index contributed by atoms with van der Waals surface area (Å²) >= 11 is 0. The lowest BCUT2D eigenvalue weighted by Crippen LogP contribution is -2.37. The van der Waals surface area contributed by atoms with Crippen LogP contribution in [0.3, 0.4) is 0 Å². The van der Waals surface area contributed by atoms with Crippen molar-refractivity contribution in [3.8, 4) is 5.75 Å². The number of ether oxygens (including phenoxy) is 2. The molecule has 4 atom stereocenters. The SMILES string of the molecule is CCC(C)OCc1ccc(C(C)(C)C)cc1NC(=O)CCC[C@H]1CC[C@@H](Oc2ccc3nnc([C@]4(C)CCCN4C)n3c2)c2ccccc21. The molecule has 49 heavy (non-hydrogen) atoms. The maximum absolute atomic E-state index is 13.3. The smallest absolute Gasteiger partial charge is 0.224 e. The lowest BCUT2D eigenvalue weighted by molar-refractivity contribution is -0.116. The lowest BCUT2D eigenvalue weighted by atomic mass is 9.79. The monoisotopic (exact) mass is 665 g/mol. The molecule has 8 heteroatoms. The van der Waals surface area contributed by atoms with Crippen LogP contribution in [0.1, 0.15) is 133 Å². The molecule has 8 nitrogen and oxygen atoms in total. The van der Waals surface area contributed by atoms with E-state index in [1.807, 2.05) is 12.1 Å². The summed E-state index contributed by atoms with van der Waals surface area (Å²) in [5, 5.41) is 12.3. The zero-order chi connectivity index (χ0) is 34.8. The second kappa shape index (κ2) is 14.6. The van der Waals surface area contributed by atoms with Gasteiger partial charge in [-0.25, -0.2) is 0 Å². The zero-order valence-corrected chi connectivity index (χ0v) is 30.6. The van der Waals surface area contributed by atoms with Crippen LogP contribution in [0.25, 0.3) is 5.65 Å². The number of benzene rings is 2. The Balaban J connectivity index is 1.10. The van der Waals surface area contributed by atoms with Crippen molar-refractivity contribution in [2.24, 2.45) is 0 Å². The van der Waals surface area contributed by atoms with Crippen LogP contribution in [0.2, 0.25) is 0 Å². The standard InChI is InChI=1S/C41H55N5O3/c1-8-28(2)48-27-30-17-19-31(40(3,4)5)25-35(30)42-38(47)16-11-13-29-18-21-36(34-15-10-9-14-33(29)34)49-32-20-22-37-43-44-39(46(37)26-32)41(6)23-12-24-45(41)7/h9-10,14-15,17,19-20,22,25-26,28-29,36H,8,11-13,16,18,21,23-24,27H2,1-7H3,(H,42,47)/t28?,29-,36+,41-/m0/s1. The molecule has 2 aromatic carbocycles. The minimum Gasteiger partial charge on any atom is -0.484 e. The minimum absolute atomic E-state index is 0.0112. The summed E-state index contributed by atoms with van der Waals surface area (Å²) < 4.78 is 14.9. The number of anilines is 1. The number of carbonyl (C=O) groups excluding carboxylic acids is 1. The molecule has 3 heterocycles. The summed E-state index contributed by atoms with van der Waals surface area (Å²) in [6, 6.07) is 19.1. The number of hydrogen-bond acceptors (Lipinski definition) is 6. The van der Waals surface area contributed by atoms with Gasteiger partial charge in [0.2, 0.25) is 5.91 Å². The Bertz CT molecular complexity index is 1760. The van der Waals surface area contributed by atoms with Crippen LogP contribution in [0.15, 0.2) is 60.8 Å². The number of rotatable bonds is 12. The highest BCUT2D eigenvalue weighted by atomic mass is 16.5. The van der Waals surface area contributed by atoms with E-state index < -0.39 is 0 Å². The van der Waals surface area contributed by atoms with Crippen molar-refractivity contribution in [3.63, 3.8) is 0 Å². The molecule has 2 aromatic heterocycles. The molecule has 4 aromatic rings. The number of nitrogens with one attached hydrogen (secondary N) is 1. The van der Waals surface area contributed by atoms with Gasteiger partial charge in [-0.2, -0.15) is 0 Å². The fourth-order valence-electron chi connectivity index (χ4n) is 7.47. The van der Waals surface area contributed by atoms with E-state index in [0.29, 0.717) is 18.9 Å². The van der Waals surface area contributed by atoms with Crippen LogP contribution in [0.4, 0.5) is 5.69 Å². The van der Waals surface area contributed by atoms with E-state index in [1.165, 1.54) is 16.7 Å². The zero-order valence-electron chi connectivity index (χ0n) is 30.6. The molecule has 0 bridgehead atoms. The minimum atomic E-state index is -0.139. The number of carbonyl (C=O) groups is 1. The van der Waals surface area contributed by atoms with Crippen molar-refractivity contribution in [2.45, 2.75) is 129 Å². The predicted octanol–water partition coefficient (Wildman–Crippen LogP) is 9.09. The van der Waals surface area contributed by atoms with E-state index in [4.69, 9.17) is 9.47 Å². The van der Waals surface area contributed by atoms with Gasteiger partial charge in [0.15, 0.2) is 11.5 Å². The molecular weight excluding hydrogens is 610 g/mol. The summed E-state index contributed by atoms with van der Waals surface area (Å²) in [7, 11) is 2.17. The predicted molar refractivity (Wildman–Crippen MR) is 196 cm³/mol.